The molecule has 0 fully saturated rings. The number of fused-ring (bicyclic) bond motifs is 1. The van der Waals surface area contributed by atoms with Crippen LogP contribution in [0, 0.1) is 0 Å². The molecule has 3 rings (SSSR count). The zero-order chi connectivity index (χ0) is 11.7. The molecule has 0 radical (unpaired) electrons. The molecule has 0 atom stereocenters. The molecule has 0 amide bonds. The van der Waals surface area contributed by atoms with E-state index in [1.807, 2.05) is 16.7 Å². The molecule has 0 aliphatic carbocycles. The Hall–Kier alpha value is -1.87. The number of halogens is 1. The van der Waals surface area contributed by atoms with E-state index in [9.17, 15) is 0 Å². The minimum Gasteiger partial charge on any atom is -0.300 e. The summed E-state index contributed by atoms with van der Waals surface area (Å²) in [5.41, 5.74) is 1.21. The van der Waals surface area contributed by atoms with Crippen LogP contribution in [0.5, 0.6) is 0 Å². The first-order valence-electron chi connectivity index (χ1n) is 5.34. The van der Waals surface area contributed by atoms with Crippen molar-refractivity contribution in [1.29, 1.82) is 0 Å². The topological polar surface area (TPSA) is 30.7 Å². The fourth-order valence-electron chi connectivity index (χ4n) is 1.96. The van der Waals surface area contributed by atoms with E-state index in [2.05, 4.69) is 40.5 Å². The summed E-state index contributed by atoms with van der Waals surface area (Å²) >= 11 is 5.93. The van der Waals surface area contributed by atoms with Gasteiger partial charge in [-0.2, -0.15) is 0 Å². The van der Waals surface area contributed by atoms with Gasteiger partial charge < -0.3 is 0 Å². The Morgan fingerprint density at radius 2 is 1.88 bits per heavy atom. The van der Waals surface area contributed by atoms with Crippen LogP contribution in [0.1, 0.15) is 5.56 Å². The highest BCUT2D eigenvalue weighted by atomic mass is 35.5. The molecule has 0 saturated carbocycles. The minimum absolute atomic E-state index is 0.415. The molecule has 3 aromatic rings. The molecular weight excluding hydrogens is 234 g/mol. The molecule has 0 bridgehead atoms. The van der Waals surface area contributed by atoms with Crippen LogP contribution in [-0.2, 0) is 6.54 Å². The fourth-order valence-corrected chi connectivity index (χ4v) is 2.11. The van der Waals surface area contributed by atoms with E-state index >= 15 is 0 Å². The third kappa shape index (κ3) is 1.89. The lowest BCUT2D eigenvalue weighted by Gasteiger charge is -2.07. The maximum Gasteiger partial charge on any atom is 0.225 e. The standard InChI is InChI=1S/C13H10ClN3/c14-13-16-15-9-17(13)8-11-6-3-5-10-4-1-2-7-12(10)11/h1-7,9H,8H2. The fraction of sp³-hybridized carbons (Fsp3) is 0.0769. The second kappa shape index (κ2) is 4.18. The van der Waals surface area contributed by atoms with Gasteiger partial charge in [-0.05, 0) is 27.9 Å². The van der Waals surface area contributed by atoms with Crippen molar-refractivity contribution in [2.45, 2.75) is 6.54 Å². The van der Waals surface area contributed by atoms with Gasteiger partial charge in [-0.15, -0.1) is 10.2 Å². The summed E-state index contributed by atoms with van der Waals surface area (Å²) in [5.74, 6) is 0. The van der Waals surface area contributed by atoms with Gasteiger partial charge in [-0.25, -0.2) is 0 Å². The number of benzene rings is 2. The highest BCUT2D eigenvalue weighted by Crippen LogP contribution is 2.20. The predicted octanol–water partition coefficient (Wildman–Crippen LogP) is 3.13. The van der Waals surface area contributed by atoms with E-state index < -0.39 is 0 Å². The summed E-state index contributed by atoms with van der Waals surface area (Å²) in [6.45, 7) is 0.688. The van der Waals surface area contributed by atoms with Gasteiger partial charge in [0.05, 0.1) is 6.54 Å². The number of hydrogen-bond donors (Lipinski definition) is 0. The van der Waals surface area contributed by atoms with E-state index in [1.165, 1.54) is 16.3 Å². The lowest BCUT2D eigenvalue weighted by Crippen LogP contribution is -1.99. The van der Waals surface area contributed by atoms with Crippen molar-refractivity contribution in [3.05, 3.63) is 59.6 Å². The molecule has 0 unspecified atom stereocenters. The van der Waals surface area contributed by atoms with Crippen LogP contribution in [0.15, 0.2) is 48.8 Å². The lowest BCUT2D eigenvalue weighted by atomic mass is 10.0. The van der Waals surface area contributed by atoms with Gasteiger partial charge in [0, 0.05) is 0 Å². The van der Waals surface area contributed by atoms with Gasteiger partial charge in [0.2, 0.25) is 5.28 Å². The Balaban J connectivity index is 2.09. The minimum atomic E-state index is 0.415. The monoisotopic (exact) mass is 243 g/mol. The normalized spacial score (nSPS) is 10.9. The molecule has 0 spiro atoms. The van der Waals surface area contributed by atoms with Crippen LogP contribution in [-0.4, -0.2) is 14.8 Å². The molecule has 1 aromatic heterocycles. The first-order valence-corrected chi connectivity index (χ1v) is 5.72. The third-order valence-electron chi connectivity index (χ3n) is 2.79. The maximum absolute atomic E-state index is 5.93. The Morgan fingerprint density at radius 1 is 1.06 bits per heavy atom. The summed E-state index contributed by atoms with van der Waals surface area (Å²) in [6.07, 6.45) is 1.64. The SMILES string of the molecule is Clc1nncn1Cc1cccc2ccccc12. The van der Waals surface area contributed by atoms with E-state index in [0.717, 1.165) is 0 Å². The molecule has 3 nitrogen and oxygen atoms in total. The summed E-state index contributed by atoms with van der Waals surface area (Å²) in [7, 11) is 0. The summed E-state index contributed by atoms with van der Waals surface area (Å²) < 4.78 is 1.82. The predicted molar refractivity (Wildman–Crippen MR) is 68.1 cm³/mol. The molecule has 0 N–H and O–H groups in total. The van der Waals surface area contributed by atoms with E-state index in [0.29, 0.717) is 11.8 Å². The molecular formula is C13H10ClN3. The number of nitrogens with zero attached hydrogens (tertiary/aromatic N) is 3. The molecule has 17 heavy (non-hydrogen) atoms. The van der Waals surface area contributed by atoms with Crippen molar-refractivity contribution in [1.82, 2.24) is 14.8 Å². The van der Waals surface area contributed by atoms with E-state index in [1.54, 1.807) is 6.33 Å². The molecule has 84 valence electrons. The quantitative estimate of drug-likeness (QED) is 0.692. The van der Waals surface area contributed by atoms with Crippen molar-refractivity contribution in [3.8, 4) is 0 Å². The number of hydrogen-bond acceptors (Lipinski definition) is 2. The van der Waals surface area contributed by atoms with Gasteiger partial charge in [0.1, 0.15) is 6.33 Å². The maximum atomic E-state index is 5.93. The molecule has 4 heteroatoms. The van der Waals surface area contributed by atoms with Gasteiger partial charge in [0.25, 0.3) is 0 Å². The summed E-state index contributed by atoms with van der Waals surface area (Å²) in [6, 6.07) is 14.5. The van der Waals surface area contributed by atoms with Crippen LogP contribution in [0.2, 0.25) is 5.28 Å². The van der Waals surface area contributed by atoms with Crippen molar-refractivity contribution < 1.29 is 0 Å². The zero-order valence-electron chi connectivity index (χ0n) is 9.05. The lowest BCUT2D eigenvalue weighted by molar-refractivity contribution is 0.800. The highest BCUT2D eigenvalue weighted by molar-refractivity contribution is 6.28. The smallest absolute Gasteiger partial charge is 0.225 e. The largest absolute Gasteiger partial charge is 0.300 e. The second-order valence-corrected chi connectivity index (χ2v) is 4.20. The summed E-state index contributed by atoms with van der Waals surface area (Å²) in [5, 5.41) is 10.4. The molecule has 2 aromatic carbocycles. The van der Waals surface area contributed by atoms with Gasteiger partial charge in [-0.1, -0.05) is 42.5 Å². The van der Waals surface area contributed by atoms with Crippen molar-refractivity contribution >= 4 is 22.4 Å². The summed E-state index contributed by atoms with van der Waals surface area (Å²) in [4.78, 5) is 0. The van der Waals surface area contributed by atoms with Gasteiger partial charge >= 0.3 is 0 Å². The van der Waals surface area contributed by atoms with Crippen LogP contribution >= 0.6 is 11.6 Å². The zero-order valence-corrected chi connectivity index (χ0v) is 9.80. The van der Waals surface area contributed by atoms with Gasteiger partial charge in [0.15, 0.2) is 0 Å². The number of rotatable bonds is 2. The van der Waals surface area contributed by atoms with Crippen LogP contribution < -0.4 is 0 Å². The molecule has 0 saturated heterocycles. The second-order valence-electron chi connectivity index (χ2n) is 3.87. The van der Waals surface area contributed by atoms with Crippen molar-refractivity contribution in [3.63, 3.8) is 0 Å². The number of aromatic nitrogens is 3. The Morgan fingerprint density at radius 3 is 2.71 bits per heavy atom. The third-order valence-corrected chi connectivity index (χ3v) is 3.08. The van der Waals surface area contributed by atoms with Crippen LogP contribution in [0.3, 0.4) is 0 Å². The molecule has 0 aliphatic heterocycles. The van der Waals surface area contributed by atoms with Crippen molar-refractivity contribution in [2.24, 2.45) is 0 Å². The Bertz CT molecular complexity index is 655. The highest BCUT2D eigenvalue weighted by Gasteiger charge is 2.04. The van der Waals surface area contributed by atoms with Crippen LogP contribution in [0.25, 0.3) is 10.8 Å². The van der Waals surface area contributed by atoms with E-state index in [-0.39, 0.29) is 0 Å². The first kappa shape index (κ1) is 10.3. The average Bonchev–Trinajstić information content (AvgIpc) is 2.76. The van der Waals surface area contributed by atoms with Crippen molar-refractivity contribution in [2.75, 3.05) is 0 Å². The Labute approximate surface area is 104 Å². The van der Waals surface area contributed by atoms with Crippen LogP contribution in [0.4, 0.5) is 0 Å². The first-order chi connectivity index (χ1) is 8.34. The molecule has 1 heterocycles. The average molecular weight is 244 g/mol. The molecule has 0 aliphatic rings. The Kier molecular flexibility index (Phi) is 2.53. The van der Waals surface area contributed by atoms with Gasteiger partial charge in [-0.3, -0.25) is 4.57 Å². The van der Waals surface area contributed by atoms with E-state index in [4.69, 9.17) is 11.6 Å².